The molecule has 1 aromatic heterocycles. The maximum absolute atomic E-state index is 12.8. The Morgan fingerprint density at radius 1 is 1.43 bits per heavy atom. The highest BCUT2D eigenvalue weighted by atomic mass is 19.1. The lowest BCUT2D eigenvalue weighted by Gasteiger charge is -2.32. The smallest absolute Gasteiger partial charge is 0.321 e. The number of carboxylic acid groups (broad SMARTS) is 1. The minimum atomic E-state index is -0.835. The van der Waals surface area contributed by atoms with Crippen molar-refractivity contribution in [2.24, 2.45) is 0 Å². The minimum Gasteiger partial charge on any atom is -0.494 e. The van der Waals surface area contributed by atoms with Crippen LogP contribution in [0.15, 0.2) is 30.6 Å². The number of aromatic nitrogens is 2. The first-order chi connectivity index (χ1) is 11.1. The van der Waals surface area contributed by atoms with Gasteiger partial charge in [0.25, 0.3) is 0 Å². The number of halogens is 1. The van der Waals surface area contributed by atoms with Gasteiger partial charge in [0.2, 0.25) is 0 Å². The fraction of sp³-hybridized carbons (Fsp3) is 0.375. The van der Waals surface area contributed by atoms with E-state index in [2.05, 4.69) is 9.97 Å². The van der Waals surface area contributed by atoms with Gasteiger partial charge in [0.1, 0.15) is 17.6 Å². The van der Waals surface area contributed by atoms with E-state index in [4.69, 9.17) is 4.74 Å². The summed E-state index contributed by atoms with van der Waals surface area (Å²) >= 11 is 0. The maximum Gasteiger partial charge on any atom is 0.321 e. The minimum absolute atomic E-state index is 0.301. The Hall–Kier alpha value is -2.41. The summed E-state index contributed by atoms with van der Waals surface area (Å²) in [5.74, 6) is -0.529. The molecule has 0 spiro atoms. The first kappa shape index (κ1) is 15.5. The molecule has 2 heterocycles. The second-order valence-electron chi connectivity index (χ2n) is 5.51. The number of benzene rings is 1. The number of aliphatic carboxylic acids is 1. The zero-order chi connectivity index (χ0) is 16.2. The lowest BCUT2D eigenvalue weighted by molar-refractivity contribution is -0.144. The number of ether oxygens (including phenoxy) is 1. The summed E-state index contributed by atoms with van der Waals surface area (Å²) in [6, 6.07) is 5.29. The fourth-order valence-electron chi connectivity index (χ4n) is 2.75. The normalized spacial score (nSPS) is 17.7. The van der Waals surface area contributed by atoms with Crippen molar-refractivity contribution >= 4 is 5.97 Å². The molecule has 6 nitrogen and oxygen atoms in total. The van der Waals surface area contributed by atoms with Crippen LogP contribution in [-0.2, 0) is 17.8 Å². The van der Waals surface area contributed by atoms with Gasteiger partial charge in [0, 0.05) is 19.5 Å². The quantitative estimate of drug-likeness (QED) is 0.794. The number of nitrogens with zero attached hydrogens (tertiary/aromatic N) is 2. The molecule has 1 aliphatic heterocycles. The Bertz CT molecular complexity index is 671. The van der Waals surface area contributed by atoms with Gasteiger partial charge in [-0.1, -0.05) is 0 Å². The Balaban J connectivity index is 1.52. The molecular formula is C16H18FN3O3. The summed E-state index contributed by atoms with van der Waals surface area (Å²) in [5.41, 5.74) is 1.80. The van der Waals surface area contributed by atoms with Gasteiger partial charge in [-0.15, -0.1) is 0 Å². The van der Waals surface area contributed by atoms with Crippen LogP contribution in [0, 0.1) is 5.82 Å². The summed E-state index contributed by atoms with van der Waals surface area (Å²) < 4.78 is 18.3. The van der Waals surface area contributed by atoms with E-state index in [0.29, 0.717) is 38.3 Å². The Morgan fingerprint density at radius 2 is 2.22 bits per heavy atom. The first-order valence-electron chi connectivity index (χ1n) is 7.50. The molecule has 0 amide bonds. The van der Waals surface area contributed by atoms with Crippen molar-refractivity contribution in [1.29, 1.82) is 0 Å². The molecule has 2 aromatic rings. The molecule has 0 saturated carbocycles. The first-order valence-corrected chi connectivity index (χ1v) is 7.50. The van der Waals surface area contributed by atoms with Gasteiger partial charge in [-0.05, 0) is 30.7 Å². The molecule has 0 bridgehead atoms. The van der Waals surface area contributed by atoms with Crippen LogP contribution < -0.4 is 4.74 Å². The molecular weight excluding hydrogens is 301 g/mol. The second-order valence-corrected chi connectivity index (χ2v) is 5.51. The summed E-state index contributed by atoms with van der Waals surface area (Å²) in [6.45, 7) is 1.60. The standard InChI is InChI=1S/C16H18FN3O3/c17-11-2-4-12(5-3-11)23-7-1-6-20-9-14-13(18-10-19-14)8-15(20)16(21)22/h2-5,10,15H,1,6-9H2,(H,18,19)(H,21,22). The van der Waals surface area contributed by atoms with Gasteiger partial charge in [-0.3, -0.25) is 9.69 Å². The van der Waals surface area contributed by atoms with Gasteiger partial charge < -0.3 is 14.8 Å². The second kappa shape index (κ2) is 6.78. The molecule has 2 N–H and O–H groups in total. The number of aromatic amines is 1. The summed E-state index contributed by atoms with van der Waals surface area (Å²) in [5, 5.41) is 9.39. The molecule has 23 heavy (non-hydrogen) atoms. The number of hydrogen-bond acceptors (Lipinski definition) is 4. The zero-order valence-corrected chi connectivity index (χ0v) is 12.5. The predicted molar refractivity (Wildman–Crippen MR) is 80.6 cm³/mol. The lowest BCUT2D eigenvalue weighted by Crippen LogP contribution is -2.46. The molecule has 1 atom stereocenters. The van der Waals surface area contributed by atoms with Gasteiger partial charge in [0.05, 0.1) is 24.3 Å². The molecule has 1 unspecified atom stereocenters. The number of carbonyl (C=O) groups is 1. The third-order valence-corrected chi connectivity index (χ3v) is 3.95. The van der Waals surface area contributed by atoms with E-state index in [0.717, 1.165) is 11.4 Å². The van der Waals surface area contributed by atoms with Crippen molar-refractivity contribution in [1.82, 2.24) is 14.9 Å². The lowest BCUT2D eigenvalue weighted by atomic mass is 10.0. The monoisotopic (exact) mass is 319 g/mol. The average Bonchev–Trinajstić information content (AvgIpc) is 2.99. The topological polar surface area (TPSA) is 78.4 Å². The molecule has 0 radical (unpaired) electrons. The number of hydrogen-bond donors (Lipinski definition) is 2. The highest BCUT2D eigenvalue weighted by Gasteiger charge is 2.32. The van der Waals surface area contributed by atoms with Crippen LogP contribution in [-0.4, -0.2) is 45.1 Å². The molecule has 1 aliphatic rings. The van der Waals surface area contributed by atoms with Crippen molar-refractivity contribution < 1.29 is 19.0 Å². The molecule has 3 rings (SSSR count). The number of imidazole rings is 1. The number of carboxylic acids is 1. The van der Waals surface area contributed by atoms with Crippen LogP contribution in [0.5, 0.6) is 5.75 Å². The molecule has 0 fully saturated rings. The third kappa shape index (κ3) is 3.68. The molecule has 0 aliphatic carbocycles. The van der Waals surface area contributed by atoms with Crippen LogP contribution in [0.25, 0.3) is 0 Å². The fourth-order valence-corrected chi connectivity index (χ4v) is 2.75. The van der Waals surface area contributed by atoms with Crippen molar-refractivity contribution in [2.75, 3.05) is 13.2 Å². The van der Waals surface area contributed by atoms with Crippen molar-refractivity contribution in [2.45, 2.75) is 25.4 Å². The van der Waals surface area contributed by atoms with E-state index in [1.807, 2.05) is 4.90 Å². The number of nitrogens with one attached hydrogen (secondary N) is 1. The van der Waals surface area contributed by atoms with Gasteiger partial charge in [-0.25, -0.2) is 9.37 Å². The van der Waals surface area contributed by atoms with E-state index in [-0.39, 0.29) is 5.82 Å². The Kier molecular flexibility index (Phi) is 4.57. The maximum atomic E-state index is 12.8. The van der Waals surface area contributed by atoms with Crippen LogP contribution >= 0.6 is 0 Å². The Labute approximate surface area is 132 Å². The summed E-state index contributed by atoms with van der Waals surface area (Å²) in [7, 11) is 0. The van der Waals surface area contributed by atoms with Gasteiger partial charge in [-0.2, -0.15) is 0 Å². The van der Waals surface area contributed by atoms with Gasteiger partial charge >= 0.3 is 5.97 Å². The predicted octanol–water partition coefficient (Wildman–Crippen LogP) is 1.83. The van der Waals surface area contributed by atoms with Crippen LogP contribution in [0.2, 0.25) is 0 Å². The molecule has 122 valence electrons. The molecule has 7 heteroatoms. The van der Waals surface area contributed by atoms with E-state index >= 15 is 0 Å². The van der Waals surface area contributed by atoms with Gasteiger partial charge in [0.15, 0.2) is 0 Å². The number of fused-ring (bicyclic) bond motifs is 1. The van der Waals surface area contributed by atoms with E-state index < -0.39 is 12.0 Å². The average molecular weight is 319 g/mol. The Morgan fingerprint density at radius 3 is 2.96 bits per heavy atom. The van der Waals surface area contributed by atoms with Crippen LogP contribution in [0.4, 0.5) is 4.39 Å². The van der Waals surface area contributed by atoms with Crippen molar-refractivity contribution in [3.8, 4) is 5.75 Å². The van der Waals surface area contributed by atoms with E-state index in [1.165, 1.54) is 12.1 Å². The largest absolute Gasteiger partial charge is 0.494 e. The van der Waals surface area contributed by atoms with Crippen molar-refractivity contribution in [3.63, 3.8) is 0 Å². The third-order valence-electron chi connectivity index (χ3n) is 3.95. The highest BCUT2D eigenvalue weighted by molar-refractivity contribution is 5.74. The van der Waals surface area contributed by atoms with Crippen LogP contribution in [0.1, 0.15) is 17.8 Å². The van der Waals surface area contributed by atoms with Crippen LogP contribution in [0.3, 0.4) is 0 Å². The van der Waals surface area contributed by atoms with Crippen molar-refractivity contribution in [3.05, 3.63) is 47.8 Å². The summed E-state index contributed by atoms with van der Waals surface area (Å²) in [4.78, 5) is 20.6. The summed E-state index contributed by atoms with van der Waals surface area (Å²) in [6.07, 6.45) is 2.70. The van der Waals surface area contributed by atoms with E-state index in [1.54, 1.807) is 18.5 Å². The molecule has 0 saturated heterocycles. The highest BCUT2D eigenvalue weighted by Crippen LogP contribution is 2.21. The number of rotatable bonds is 6. The number of H-pyrrole nitrogens is 1. The molecule has 1 aromatic carbocycles. The van der Waals surface area contributed by atoms with E-state index in [9.17, 15) is 14.3 Å². The zero-order valence-electron chi connectivity index (χ0n) is 12.5. The SMILES string of the molecule is O=C(O)C1Cc2nc[nH]c2CN1CCCOc1ccc(F)cc1.